The molecule has 1 aromatic carbocycles. The van der Waals surface area contributed by atoms with Gasteiger partial charge in [-0.05, 0) is 31.0 Å². The van der Waals surface area contributed by atoms with E-state index in [2.05, 4.69) is 18.7 Å². The minimum Gasteiger partial charge on any atom is -0.462 e. The maximum atomic E-state index is 11.7. The van der Waals surface area contributed by atoms with Crippen LogP contribution in [0.3, 0.4) is 0 Å². The zero-order chi connectivity index (χ0) is 12.1. The van der Waals surface area contributed by atoms with E-state index in [0.29, 0.717) is 34.6 Å². The summed E-state index contributed by atoms with van der Waals surface area (Å²) in [5.41, 5.74) is 1.61. The quantitative estimate of drug-likeness (QED) is 0.647. The Morgan fingerprint density at radius 3 is 2.69 bits per heavy atom. The Labute approximate surface area is 100 Å². The topological polar surface area (TPSA) is 50.1 Å². The SMILES string of the molecule is CCOC(=O)c1c(S)ccc(C#N)c1CC. The zero-order valence-corrected chi connectivity index (χ0v) is 10.2. The van der Waals surface area contributed by atoms with Gasteiger partial charge in [0.15, 0.2) is 0 Å². The van der Waals surface area contributed by atoms with Crippen LogP contribution in [0.15, 0.2) is 17.0 Å². The first-order chi connectivity index (χ1) is 7.65. The van der Waals surface area contributed by atoms with Crippen LogP contribution in [0, 0.1) is 11.3 Å². The molecule has 0 N–H and O–H groups in total. The van der Waals surface area contributed by atoms with E-state index in [4.69, 9.17) is 10.00 Å². The molecule has 1 aromatic rings. The first kappa shape index (κ1) is 12.6. The van der Waals surface area contributed by atoms with E-state index in [-0.39, 0.29) is 0 Å². The summed E-state index contributed by atoms with van der Waals surface area (Å²) in [5, 5.41) is 8.95. The Hall–Kier alpha value is -1.47. The number of esters is 1. The molecule has 0 atom stereocenters. The van der Waals surface area contributed by atoms with Crippen LogP contribution in [0.1, 0.15) is 35.3 Å². The average molecular weight is 235 g/mol. The van der Waals surface area contributed by atoms with Crippen LogP contribution < -0.4 is 0 Å². The third-order valence-corrected chi connectivity index (χ3v) is 2.62. The van der Waals surface area contributed by atoms with Crippen molar-refractivity contribution in [2.45, 2.75) is 25.2 Å². The number of nitrogens with zero attached hydrogens (tertiary/aromatic N) is 1. The third kappa shape index (κ3) is 2.37. The summed E-state index contributed by atoms with van der Waals surface area (Å²) in [6, 6.07) is 5.39. The molecule has 0 unspecified atom stereocenters. The molecule has 0 heterocycles. The Balaban J connectivity index is 3.35. The number of carbonyl (C=O) groups excluding carboxylic acids is 1. The highest BCUT2D eigenvalue weighted by Gasteiger charge is 2.18. The lowest BCUT2D eigenvalue weighted by Gasteiger charge is -2.11. The maximum Gasteiger partial charge on any atom is 0.339 e. The highest BCUT2D eigenvalue weighted by molar-refractivity contribution is 7.80. The number of hydrogen-bond donors (Lipinski definition) is 1. The Kier molecular flexibility index (Phi) is 4.39. The molecule has 0 aliphatic heterocycles. The van der Waals surface area contributed by atoms with Crippen LogP contribution in [0.25, 0.3) is 0 Å². The van der Waals surface area contributed by atoms with Gasteiger partial charge < -0.3 is 4.74 Å². The number of carbonyl (C=O) groups is 1. The highest BCUT2D eigenvalue weighted by atomic mass is 32.1. The predicted octanol–water partition coefficient (Wildman–Crippen LogP) is 2.59. The smallest absolute Gasteiger partial charge is 0.339 e. The first-order valence-electron chi connectivity index (χ1n) is 5.07. The van der Waals surface area contributed by atoms with Gasteiger partial charge in [0.05, 0.1) is 23.8 Å². The van der Waals surface area contributed by atoms with E-state index in [1.54, 1.807) is 19.1 Å². The van der Waals surface area contributed by atoms with Gasteiger partial charge in [0.2, 0.25) is 0 Å². The van der Waals surface area contributed by atoms with E-state index < -0.39 is 5.97 Å². The molecule has 0 bridgehead atoms. The van der Waals surface area contributed by atoms with Crippen molar-refractivity contribution >= 4 is 18.6 Å². The van der Waals surface area contributed by atoms with Gasteiger partial charge in [-0.15, -0.1) is 12.6 Å². The molecule has 0 saturated heterocycles. The number of benzene rings is 1. The van der Waals surface area contributed by atoms with Gasteiger partial charge in [-0.25, -0.2) is 4.79 Å². The summed E-state index contributed by atoms with van der Waals surface area (Å²) in [6.07, 6.45) is 0.603. The van der Waals surface area contributed by atoms with Crippen LogP contribution in [-0.2, 0) is 11.2 Å². The van der Waals surface area contributed by atoms with Crippen molar-refractivity contribution < 1.29 is 9.53 Å². The van der Waals surface area contributed by atoms with Crippen LogP contribution in [0.4, 0.5) is 0 Å². The van der Waals surface area contributed by atoms with E-state index >= 15 is 0 Å². The summed E-state index contributed by atoms with van der Waals surface area (Å²) in [5.74, 6) is -0.415. The van der Waals surface area contributed by atoms with E-state index in [9.17, 15) is 4.79 Å². The first-order valence-corrected chi connectivity index (χ1v) is 5.52. The normalized spacial score (nSPS) is 9.62. The van der Waals surface area contributed by atoms with Gasteiger partial charge in [0, 0.05) is 4.90 Å². The van der Waals surface area contributed by atoms with Crippen LogP contribution in [0.2, 0.25) is 0 Å². The fourth-order valence-corrected chi connectivity index (χ4v) is 1.84. The van der Waals surface area contributed by atoms with Crippen molar-refractivity contribution in [3.05, 3.63) is 28.8 Å². The van der Waals surface area contributed by atoms with E-state index in [1.165, 1.54) is 0 Å². The molecule has 0 aliphatic rings. The Morgan fingerprint density at radius 2 is 2.19 bits per heavy atom. The molecule has 0 aliphatic carbocycles. The molecule has 84 valence electrons. The van der Waals surface area contributed by atoms with Crippen LogP contribution >= 0.6 is 12.6 Å². The van der Waals surface area contributed by atoms with Crippen molar-refractivity contribution in [2.75, 3.05) is 6.61 Å². The summed E-state index contributed by atoms with van der Waals surface area (Å²) in [4.78, 5) is 12.3. The highest BCUT2D eigenvalue weighted by Crippen LogP contribution is 2.23. The zero-order valence-electron chi connectivity index (χ0n) is 9.28. The molecule has 3 nitrogen and oxygen atoms in total. The molecule has 0 aromatic heterocycles. The second-order valence-electron chi connectivity index (χ2n) is 3.17. The number of hydrogen-bond acceptors (Lipinski definition) is 4. The lowest BCUT2D eigenvalue weighted by atomic mass is 9.99. The molecule has 16 heavy (non-hydrogen) atoms. The van der Waals surface area contributed by atoms with Gasteiger partial charge in [-0.3, -0.25) is 0 Å². The molecule has 0 amide bonds. The number of ether oxygens (including phenoxy) is 1. The molecule has 0 radical (unpaired) electrons. The van der Waals surface area contributed by atoms with Gasteiger partial charge in [-0.1, -0.05) is 6.92 Å². The van der Waals surface area contributed by atoms with Gasteiger partial charge >= 0.3 is 5.97 Å². The minimum absolute atomic E-state index is 0.311. The average Bonchev–Trinajstić information content (AvgIpc) is 2.28. The number of thiol groups is 1. The number of rotatable bonds is 3. The lowest BCUT2D eigenvalue weighted by Crippen LogP contribution is -2.10. The second kappa shape index (κ2) is 5.57. The third-order valence-electron chi connectivity index (χ3n) is 2.24. The van der Waals surface area contributed by atoms with Gasteiger partial charge in [0.1, 0.15) is 0 Å². The fraction of sp³-hybridized carbons (Fsp3) is 0.333. The second-order valence-corrected chi connectivity index (χ2v) is 3.65. The Morgan fingerprint density at radius 1 is 1.50 bits per heavy atom. The van der Waals surface area contributed by atoms with Gasteiger partial charge in [0.25, 0.3) is 0 Å². The molecular weight excluding hydrogens is 222 g/mol. The van der Waals surface area contributed by atoms with E-state index in [0.717, 1.165) is 0 Å². The summed E-state index contributed by atoms with van der Waals surface area (Å²) in [6.45, 7) is 3.95. The van der Waals surface area contributed by atoms with E-state index in [1.807, 2.05) is 6.92 Å². The van der Waals surface area contributed by atoms with Crippen molar-refractivity contribution in [3.8, 4) is 6.07 Å². The van der Waals surface area contributed by atoms with Crippen molar-refractivity contribution in [1.29, 1.82) is 5.26 Å². The van der Waals surface area contributed by atoms with Gasteiger partial charge in [-0.2, -0.15) is 5.26 Å². The van der Waals surface area contributed by atoms with Crippen molar-refractivity contribution in [1.82, 2.24) is 0 Å². The predicted molar refractivity (Wildman–Crippen MR) is 63.7 cm³/mol. The van der Waals surface area contributed by atoms with Crippen LogP contribution in [-0.4, -0.2) is 12.6 Å². The summed E-state index contributed by atoms with van der Waals surface area (Å²) in [7, 11) is 0. The maximum absolute atomic E-state index is 11.7. The fourth-order valence-electron chi connectivity index (χ4n) is 1.54. The standard InChI is InChI=1S/C12H13NO2S/c1-3-9-8(7-13)5-6-10(16)11(9)12(14)15-4-2/h5-6,16H,3-4H2,1-2H3. The van der Waals surface area contributed by atoms with Crippen molar-refractivity contribution in [3.63, 3.8) is 0 Å². The molecule has 1 rings (SSSR count). The Bertz CT molecular complexity index is 449. The largest absolute Gasteiger partial charge is 0.462 e. The summed E-state index contributed by atoms with van der Waals surface area (Å²) < 4.78 is 4.95. The lowest BCUT2D eigenvalue weighted by molar-refractivity contribution is 0.0521. The monoisotopic (exact) mass is 235 g/mol. The molecule has 0 spiro atoms. The van der Waals surface area contributed by atoms with Crippen LogP contribution in [0.5, 0.6) is 0 Å². The number of nitriles is 1. The molecule has 0 fully saturated rings. The molecular formula is C12H13NO2S. The van der Waals surface area contributed by atoms with Crippen molar-refractivity contribution in [2.24, 2.45) is 0 Å². The summed E-state index contributed by atoms with van der Waals surface area (Å²) >= 11 is 4.23. The minimum atomic E-state index is -0.415. The molecule has 0 saturated carbocycles. The molecule has 4 heteroatoms.